The molecule has 0 bridgehead atoms. The molecule has 0 fully saturated rings. The van der Waals surface area contributed by atoms with Gasteiger partial charge in [-0.25, -0.2) is 0 Å². The normalized spacial score (nSPS) is 10.5. The molecule has 0 atom stereocenters. The molecule has 14 heavy (non-hydrogen) atoms. The molecule has 74 valence electrons. The van der Waals surface area contributed by atoms with E-state index in [1.807, 2.05) is 50.2 Å². The molecule has 2 nitrogen and oxygen atoms in total. The molecular weight excluding hydrogens is 174 g/mol. The van der Waals surface area contributed by atoms with Crippen molar-refractivity contribution in [1.82, 2.24) is 4.90 Å². The van der Waals surface area contributed by atoms with Crippen molar-refractivity contribution in [3.05, 3.63) is 47.7 Å². The Hall–Kier alpha value is -1.57. The zero-order valence-electron chi connectivity index (χ0n) is 8.82. The number of carbonyl (C=O) groups is 1. The van der Waals surface area contributed by atoms with Gasteiger partial charge < -0.3 is 4.90 Å². The monoisotopic (exact) mass is 189 g/mol. The van der Waals surface area contributed by atoms with E-state index >= 15 is 0 Å². The van der Waals surface area contributed by atoms with Crippen molar-refractivity contribution in [1.29, 1.82) is 0 Å². The number of allylic oxidation sites excluding steroid dienone is 1. The number of hydrogen-bond acceptors (Lipinski definition) is 2. The molecule has 0 aromatic heterocycles. The fourth-order valence-electron chi connectivity index (χ4n) is 1.11. The summed E-state index contributed by atoms with van der Waals surface area (Å²) >= 11 is 0. The summed E-state index contributed by atoms with van der Waals surface area (Å²) in [6, 6.07) is 7.59. The lowest BCUT2D eigenvalue weighted by atomic mass is 10.1. The van der Waals surface area contributed by atoms with E-state index in [2.05, 4.69) is 0 Å². The third-order valence-corrected chi connectivity index (χ3v) is 1.83. The van der Waals surface area contributed by atoms with Crippen molar-refractivity contribution in [3.63, 3.8) is 0 Å². The van der Waals surface area contributed by atoms with Gasteiger partial charge in [0.2, 0.25) is 0 Å². The largest absolute Gasteiger partial charge is 0.383 e. The molecule has 0 N–H and O–H groups in total. The van der Waals surface area contributed by atoms with Crippen molar-refractivity contribution in [2.75, 3.05) is 14.1 Å². The molecule has 0 unspecified atom stereocenters. The van der Waals surface area contributed by atoms with Crippen LogP contribution in [-0.4, -0.2) is 24.8 Å². The number of carbonyl (C=O) groups excluding carboxylic acids is 1. The Morgan fingerprint density at radius 2 is 2.07 bits per heavy atom. The van der Waals surface area contributed by atoms with E-state index in [4.69, 9.17) is 0 Å². The fourth-order valence-corrected chi connectivity index (χ4v) is 1.11. The van der Waals surface area contributed by atoms with E-state index in [9.17, 15) is 4.79 Å². The second-order valence-corrected chi connectivity index (χ2v) is 3.51. The lowest BCUT2D eigenvalue weighted by Gasteiger charge is -2.03. The zero-order chi connectivity index (χ0) is 10.6. The Balaban J connectivity index is 2.80. The van der Waals surface area contributed by atoms with Gasteiger partial charge in [0.15, 0.2) is 5.78 Å². The van der Waals surface area contributed by atoms with E-state index < -0.39 is 0 Å². The minimum Gasteiger partial charge on any atom is -0.383 e. The second kappa shape index (κ2) is 4.61. The maximum atomic E-state index is 11.6. The summed E-state index contributed by atoms with van der Waals surface area (Å²) in [5.74, 6) is 0.0439. The summed E-state index contributed by atoms with van der Waals surface area (Å²) in [7, 11) is 3.78. The van der Waals surface area contributed by atoms with Crippen LogP contribution in [0.1, 0.15) is 15.9 Å². The van der Waals surface area contributed by atoms with Crippen LogP contribution in [0.2, 0.25) is 0 Å². The Kier molecular flexibility index (Phi) is 3.46. The van der Waals surface area contributed by atoms with Crippen LogP contribution in [0, 0.1) is 6.92 Å². The number of hydrogen-bond donors (Lipinski definition) is 0. The van der Waals surface area contributed by atoms with Crippen molar-refractivity contribution in [2.24, 2.45) is 0 Å². The molecule has 0 aliphatic rings. The Morgan fingerprint density at radius 1 is 1.36 bits per heavy atom. The predicted molar refractivity (Wildman–Crippen MR) is 58.3 cm³/mol. The zero-order valence-corrected chi connectivity index (χ0v) is 8.82. The first-order chi connectivity index (χ1) is 6.59. The third-order valence-electron chi connectivity index (χ3n) is 1.83. The lowest BCUT2D eigenvalue weighted by Crippen LogP contribution is -2.03. The van der Waals surface area contributed by atoms with Crippen LogP contribution in [0.15, 0.2) is 36.5 Å². The topological polar surface area (TPSA) is 20.3 Å². The Morgan fingerprint density at radius 3 is 2.64 bits per heavy atom. The molecule has 0 heterocycles. The van der Waals surface area contributed by atoms with Crippen LogP contribution in [0.25, 0.3) is 0 Å². The fraction of sp³-hybridized carbons (Fsp3) is 0.250. The van der Waals surface area contributed by atoms with Crippen LogP contribution in [0.4, 0.5) is 0 Å². The standard InChI is InChI=1S/C12H15NO/c1-10-5-4-6-11(9-10)12(14)7-8-13(2)3/h4-9H,1-3H3/b8-7+. The van der Waals surface area contributed by atoms with Gasteiger partial charge in [-0.15, -0.1) is 0 Å². The van der Waals surface area contributed by atoms with E-state index in [0.29, 0.717) is 0 Å². The Labute approximate surface area is 84.9 Å². The van der Waals surface area contributed by atoms with Gasteiger partial charge in [0, 0.05) is 31.9 Å². The average molecular weight is 189 g/mol. The highest BCUT2D eigenvalue weighted by atomic mass is 16.1. The third kappa shape index (κ3) is 3.05. The first-order valence-corrected chi connectivity index (χ1v) is 4.55. The van der Waals surface area contributed by atoms with E-state index in [0.717, 1.165) is 11.1 Å². The molecule has 0 amide bonds. The second-order valence-electron chi connectivity index (χ2n) is 3.51. The highest BCUT2D eigenvalue weighted by Crippen LogP contribution is 2.05. The van der Waals surface area contributed by atoms with Crippen LogP contribution in [-0.2, 0) is 0 Å². The number of benzene rings is 1. The molecule has 1 aromatic carbocycles. The van der Waals surface area contributed by atoms with Crippen LogP contribution in [0.5, 0.6) is 0 Å². The van der Waals surface area contributed by atoms with Gasteiger partial charge in [-0.05, 0) is 13.0 Å². The number of aryl methyl sites for hydroxylation is 1. The maximum Gasteiger partial charge on any atom is 0.187 e. The van der Waals surface area contributed by atoms with Crippen LogP contribution >= 0.6 is 0 Å². The molecule has 0 saturated heterocycles. The van der Waals surface area contributed by atoms with Gasteiger partial charge in [-0.3, -0.25) is 4.79 Å². The van der Waals surface area contributed by atoms with Crippen molar-refractivity contribution >= 4 is 5.78 Å². The van der Waals surface area contributed by atoms with Gasteiger partial charge in [0.05, 0.1) is 0 Å². The minimum atomic E-state index is 0.0439. The molecule has 1 aromatic rings. The SMILES string of the molecule is Cc1cccc(C(=O)/C=C/N(C)C)c1. The molecule has 0 saturated carbocycles. The van der Waals surface area contributed by atoms with Gasteiger partial charge in [-0.1, -0.05) is 23.8 Å². The summed E-state index contributed by atoms with van der Waals surface area (Å²) in [4.78, 5) is 13.4. The van der Waals surface area contributed by atoms with Gasteiger partial charge in [0.1, 0.15) is 0 Å². The van der Waals surface area contributed by atoms with E-state index in [1.54, 1.807) is 12.3 Å². The van der Waals surface area contributed by atoms with E-state index in [-0.39, 0.29) is 5.78 Å². The minimum absolute atomic E-state index is 0.0439. The lowest BCUT2D eigenvalue weighted by molar-refractivity contribution is 0.104. The molecule has 2 heteroatoms. The maximum absolute atomic E-state index is 11.6. The molecule has 0 radical (unpaired) electrons. The van der Waals surface area contributed by atoms with Crippen molar-refractivity contribution in [2.45, 2.75) is 6.92 Å². The molecular formula is C12H15NO. The number of rotatable bonds is 3. The van der Waals surface area contributed by atoms with E-state index in [1.165, 1.54) is 0 Å². The van der Waals surface area contributed by atoms with Crippen molar-refractivity contribution < 1.29 is 4.79 Å². The first-order valence-electron chi connectivity index (χ1n) is 4.55. The average Bonchev–Trinajstić information content (AvgIpc) is 2.14. The van der Waals surface area contributed by atoms with Crippen molar-refractivity contribution in [3.8, 4) is 0 Å². The van der Waals surface area contributed by atoms with Crippen LogP contribution < -0.4 is 0 Å². The highest BCUT2D eigenvalue weighted by molar-refractivity contribution is 6.04. The summed E-state index contributed by atoms with van der Waals surface area (Å²) < 4.78 is 0. The van der Waals surface area contributed by atoms with Gasteiger partial charge >= 0.3 is 0 Å². The number of nitrogens with zero attached hydrogens (tertiary/aromatic N) is 1. The first kappa shape index (κ1) is 10.5. The summed E-state index contributed by atoms with van der Waals surface area (Å²) in [6.07, 6.45) is 3.33. The predicted octanol–water partition coefficient (Wildman–Crippen LogP) is 2.25. The molecule has 0 aliphatic heterocycles. The molecule has 1 rings (SSSR count). The summed E-state index contributed by atoms with van der Waals surface area (Å²) in [5, 5.41) is 0. The highest BCUT2D eigenvalue weighted by Gasteiger charge is 2.00. The van der Waals surface area contributed by atoms with Gasteiger partial charge in [0.25, 0.3) is 0 Å². The smallest absolute Gasteiger partial charge is 0.187 e. The molecule has 0 spiro atoms. The molecule has 0 aliphatic carbocycles. The summed E-state index contributed by atoms with van der Waals surface area (Å²) in [6.45, 7) is 1.98. The van der Waals surface area contributed by atoms with Gasteiger partial charge in [-0.2, -0.15) is 0 Å². The summed E-state index contributed by atoms with van der Waals surface area (Å²) in [5.41, 5.74) is 1.84. The number of ketones is 1. The Bertz CT molecular complexity index is 353. The quantitative estimate of drug-likeness (QED) is 0.537. The van der Waals surface area contributed by atoms with Crippen LogP contribution in [0.3, 0.4) is 0 Å².